The zero-order chi connectivity index (χ0) is 13.1. The van der Waals surface area contributed by atoms with Gasteiger partial charge in [-0.2, -0.15) is 0 Å². The van der Waals surface area contributed by atoms with Crippen LogP contribution < -0.4 is 10.2 Å². The number of hydrogen-bond donors (Lipinski definition) is 1. The number of carbonyl (C=O) groups is 2. The molecule has 2 amide bonds. The Hall–Kier alpha value is -2.11. The number of nitrogens with one attached hydrogen (secondary N) is 1. The van der Waals surface area contributed by atoms with Crippen LogP contribution in [0.15, 0.2) is 24.3 Å². The zero-order valence-electron chi connectivity index (χ0n) is 9.85. The molecule has 2 rings (SSSR count). The van der Waals surface area contributed by atoms with Gasteiger partial charge < -0.3 is 10.1 Å². The number of carbonyl (C=O) groups excluding carboxylic acids is 2. The van der Waals surface area contributed by atoms with Gasteiger partial charge in [0, 0.05) is 19.2 Å². The van der Waals surface area contributed by atoms with E-state index in [9.17, 15) is 14.0 Å². The number of hydrogen-bond acceptors (Lipinski definition) is 3. The molecule has 1 aliphatic heterocycles. The van der Waals surface area contributed by atoms with E-state index in [0.29, 0.717) is 12.2 Å². The van der Waals surface area contributed by atoms with Gasteiger partial charge in [0.1, 0.15) is 12.4 Å². The van der Waals surface area contributed by atoms with Crippen molar-refractivity contribution in [2.45, 2.75) is 13.0 Å². The van der Waals surface area contributed by atoms with Crippen LogP contribution in [0.5, 0.6) is 0 Å². The van der Waals surface area contributed by atoms with Crippen LogP contribution in [0.25, 0.3) is 0 Å². The maximum Gasteiger partial charge on any atom is 0.414 e. The summed E-state index contributed by atoms with van der Waals surface area (Å²) < 4.78 is 17.8. The van der Waals surface area contributed by atoms with Gasteiger partial charge in [0.2, 0.25) is 5.91 Å². The van der Waals surface area contributed by atoms with Crippen LogP contribution in [0.4, 0.5) is 14.9 Å². The Balaban J connectivity index is 2.14. The summed E-state index contributed by atoms with van der Waals surface area (Å²) >= 11 is 0. The van der Waals surface area contributed by atoms with Gasteiger partial charge >= 0.3 is 6.09 Å². The van der Waals surface area contributed by atoms with E-state index in [2.05, 4.69) is 5.32 Å². The van der Waals surface area contributed by atoms with E-state index in [0.717, 1.165) is 0 Å². The standard InChI is InChI=1S/C12H13FN2O3/c1-8(16)14-6-11-7-18-12(17)15(11)10-4-2-9(13)3-5-10/h2-5,11H,6-7H2,1H3,(H,14,16). The van der Waals surface area contributed by atoms with Crippen molar-refractivity contribution in [3.63, 3.8) is 0 Å². The third-order valence-corrected chi connectivity index (χ3v) is 2.65. The molecule has 1 saturated heterocycles. The van der Waals surface area contributed by atoms with Crippen molar-refractivity contribution in [2.75, 3.05) is 18.1 Å². The monoisotopic (exact) mass is 252 g/mol. The third-order valence-electron chi connectivity index (χ3n) is 2.65. The summed E-state index contributed by atoms with van der Waals surface area (Å²) in [5, 5.41) is 2.63. The van der Waals surface area contributed by atoms with E-state index in [1.807, 2.05) is 0 Å². The van der Waals surface area contributed by atoms with Crippen molar-refractivity contribution in [1.82, 2.24) is 5.32 Å². The van der Waals surface area contributed by atoms with Gasteiger partial charge in [0.05, 0.1) is 6.04 Å². The Morgan fingerprint density at radius 1 is 1.50 bits per heavy atom. The molecule has 1 heterocycles. The molecule has 0 saturated carbocycles. The number of ether oxygens (including phenoxy) is 1. The zero-order valence-corrected chi connectivity index (χ0v) is 9.85. The molecule has 5 nitrogen and oxygen atoms in total. The predicted octanol–water partition coefficient (Wildman–Crippen LogP) is 1.29. The fourth-order valence-electron chi connectivity index (χ4n) is 1.79. The SMILES string of the molecule is CC(=O)NCC1COC(=O)N1c1ccc(F)cc1. The topological polar surface area (TPSA) is 58.6 Å². The highest BCUT2D eigenvalue weighted by Gasteiger charge is 2.34. The molecule has 1 aromatic rings. The van der Waals surface area contributed by atoms with Gasteiger partial charge in [-0.05, 0) is 24.3 Å². The molecule has 6 heteroatoms. The molecule has 1 aliphatic rings. The molecule has 0 spiro atoms. The van der Waals surface area contributed by atoms with Crippen LogP contribution in [0.1, 0.15) is 6.92 Å². The molecule has 0 aliphatic carbocycles. The molecular formula is C12H13FN2O3. The van der Waals surface area contributed by atoms with Crippen molar-refractivity contribution in [3.05, 3.63) is 30.1 Å². The molecule has 1 N–H and O–H groups in total. The number of nitrogens with zero attached hydrogens (tertiary/aromatic N) is 1. The number of benzene rings is 1. The van der Waals surface area contributed by atoms with Crippen molar-refractivity contribution in [3.8, 4) is 0 Å². The van der Waals surface area contributed by atoms with E-state index in [1.165, 1.54) is 36.1 Å². The number of cyclic esters (lactones) is 1. The maximum absolute atomic E-state index is 12.8. The van der Waals surface area contributed by atoms with E-state index in [-0.39, 0.29) is 24.4 Å². The fraction of sp³-hybridized carbons (Fsp3) is 0.333. The van der Waals surface area contributed by atoms with Crippen molar-refractivity contribution in [2.24, 2.45) is 0 Å². The van der Waals surface area contributed by atoms with E-state index in [4.69, 9.17) is 4.74 Å². The van der Waals surface area contributed by atoms with Crippen LogP contribution in [-0.4, -0.2) is 31.2 Å². The lowest BCUT2D eigenvalue weighted by Gasteiger charge is -2.21. The first-order valence-electron chi connectivity index (χ1n) is 5.54. The maximum atomic E-state index is 12.8. The van der Waals surface area contributed by atoms with Crippen LogP contribution in [0, 0.1) is 5.82 Å². The largest absolute Gasteiger partial charge is 0.447 e. The number of amides is 2. The molecule has 96 valence electrons. The first kappa shape index (κ1) is 12.3. The predicted molar refractivity (Wildman–Crippen MR) is 62.7 cm³/mol. The van der Waals surface area contributed by atoms with Crippen molar-refractivity contribution >= 4 is 17.7 Å². The molecule has 0 bridgehead atoms. The number of halogens is 1. The Morgan fingerprint density at radius 2 is 2.17 bits per heavy atom. The first-order valence-corrected chi connectivity index (χ1v) is 5.54. The third kappa shape index (κ3) is 2.58. The highest BCUT2D eigenvalue weighted by molar-refractivity contribution is 5.90. The van der Waals surface area contributed by atoms with Crippen LogP contribution in [0.3, 0.4) is 0 Å². The second kappa shape index (κ2) is 5.03. The fourth-order valence-corrected chi connectivity index (χ4v) is 1.79. The van der Waals surface area contributed by atoms with Gasteiger partial charge in [-0.1, -0.05) is 0 Å². The average molecular weight is 252 g/mol. The van der Waals surface area contributed by atoms with Crippen molar-refractivity contribution < 1.29 is 18.7 Å². The summed E-state index contributed by atoms with van der Waals surface area (Å²) in [4.78, 5) is 23.9. The summed E-state index contributed by atoms with van der Waals surface area (Å²) in [6.45, 7) is 1.91. The van der Waals surface area contributed by atoms with E-state index in [1.54, 1.807) is 0 Å². The normalized spacial score (nSPS) is 18.7. The van der Waals surface area contributed by atoms with Gasteiger partial charge in [0.15, 0.2) is 0 Å². The lowest BCUT2D eigenvalue weighted by Crippen LogP contribution is -2.42. The molecule has 1 atom stereocenters. The highest BCUT2D eigenvalue weighted by atomic mass is 19.1. The Labute approximate surface area is 104 Å². The lowest BCUT2D eigenvalue weighted by atomic mass is 10.2. The molecule has 1 unspecified atom stereocenters. The summed E-state index contributed by atoms with van der Waals surface area (Å²) in [7, 11) is 0. The van der Waals surface area contributed by atoms with Gasteiger partial charge in [0.25, 0.3) is 0 Å². The quantitative estimate of drug-likeness (QED) is 0.881. The summed E-state index contributed by atoms with van der Waals surface area (Å²) in [6.07, 6.45) is -0.489. The smallest absolute Gasteiger partial charge is 0.414 e. The number of anilines is 1. The summed E-state index contributed by atoms with van der Waals surface area (Å²) in [5.41, 5.74) is 0.550. The summed E-state index contributed by atoms with van der Waals surface area (Å²) in [6, 6.07) is 5.28. The molecule has 1 fully saturated rings. The number of rotatable bonds is 3. The average Bonchev–Trinajstić information content (AvgIpc) is 2.69. The minimum Gasteiger partial charge on any atom is -0.447 e. The molecule has 1 aromatic carbocycles. The Bertz CT molecular complexity index is 461. The molecular weight excluding hydrogens is 239 g/mol. The van der Waals surface area contributed by atoms with Crippen LogP contribution >= 0.6 is 0 Å². The second-order valence-electron chi connectivity index (χ2n) is 4.01. The van der Waals surface area contributed by atoms with Crippen LogP contribution in [0.2, 0.25) is 0 Å². The van der Waals surface area contributed by atoms with E-state index >= 15 is 0 Å². The highest BCUT2D eigenvalue weighted by Crippen LogP contribution is 2.22. The minimum atomic E-state index is -0.489. The lowest BCUT2D eigenvalue weighted by molar-refractivity contribution is -0.119. The van der Waals surface area contributed by atoms with Crippen molar-refractivity contribution in [1.29, 1.82) is 0 Å². The van der Waals surface area contributed by atoms with Gasteiger partial charge in [-0.15, -0.1) is 0 Å². The minimum absolute atomic E-state index is 0.173. The second-order valence-corrected chi connectivity index (χ2v) is 4.01. The molecule has 0 aromatic heterocycles. The Morgan fingerprint density at radius 3 is 2.78 bits per heavy atom. The molecule has 18 heavy (non-hydrogen) atoms. The van der Waals surface area contributed by atoms with Crippen LogP contribution in [-0.2, 0) is 9.53 Å². The van der Waals surface area contributed by atoms with Gasteiger partial charge in [-0.25, -0.2) is 9.18 Å². The molecule has 0 radical (unpaired) electrons. The van der Waals surface area contributed by atoms with E-state index < -0.39 is 6.09 Å². The van der Waals surface area contributed by atoms with Gasteiger partial charge in [-0.3, -0.25) is 9.69 Å². The first-order chi connectivity index (χ1) is 8.58. The Kier molecular flexibility index (Phi) is 3.45. The summed E-state index contributed by atoms with van der Waals surface area (Å²) in [5.74, 6) is -0.543.